The minimum absolute atomic E-state index is 0.0974. The fraction of sp³-hybridized carbons (Fsp3) is 0.708. The second kappa shape index (κ2) is 10.8. The predicted octanol–water partition coefficient (Wildman–Crippen LogP) is 3.54. The number of nitrogens with zero attached hydrogens (tertiary/aromatic N) is 1. The molecule has 2 aliphatic carbocycles. The van der Waals surface area contributed by atoms with E-state index in [1.807, 2.05) is 26.0 Å². The minimum atomic E-state index is -0.518. The molecule has 4 nitrogen and oxygen atoms in total. The van der Waals surface area contributed by atoms with E-state index in [1.54, 1.807) is 19.0 Å². The van der Waals surface area contributed by atoms with Crippen LogP contribution in [-0.2, 0) is 4.79 Å². The van der Waals surface area contributed by atoms with Crippen LogP contribution in [0.25, 0.3) is 0 Å². The fourth-order valence-corrected chi connectivity index (χ4v) is 4.46. The molecule has 0 spiro atoms. The lowest BCUT2D eigenvalue weighted by molar-refractivity contribution is -0.128. The summed E-state index contributed by atoms with van der Waals surface area (Å²) in [5.74, 6) is 7.20. The van der Waals surface area contributed by atoms with Crippen LogP contribution in [0.15, 0.2) is 23.8 Å². The van der Waals surface area contributed by atoms with Gasteiger partial charge >= 0.3 is 0 Å². The number of aliphatic hydroxyl groups is 2. The Morgan fingerprint density at radius 2 is 2.14 bits per heavy atom. The Morgan fingerprint density at radius 1 is 1.39 bits per heavy atom. The van der Waals surface area contributed by atoms with Gasteiger partial charge in [-0.05, 0) is 56.8 Å². The third kappa shape index (κ3) is 6.22. The van der Waals surface area contributed by atoms with Crippen LogP contribution in [0, 0.1) is 35.5 Å². The molecule has 0 aromatic rings. The number of allylic oxidation sites excluding steroid dienone is 2. The number of hydrogen-bond acceptors (Lipinski definition) is 3. The van der Waals surface area contributed by atoms with Crippen LogP contribution >= 0.6 is 0 Å². The van der Waals surface area contributed by atoms with Gasteiger partial charge in [-0.3, -0.25) is 4.79 Å². The van der Waals surface area contributed by atoms with Crippen LogP contribution in [0.5, 0.6) is 0 Å². The number of amides is 1. The summed E-state index contributed by atoms with van der Waals surface area (Å²) in [6.07, 6.45) is 11.6. The number of unbranched alkanes of at least 4 members (excludes halogenated alkanes) is 1. The molecule has 4 heteroatoms. The van der Waals surface area contributed by atoms with Crippen molar-refractivity contribution in [1.82, 2.24) is 4.90 Å². The smallest absolute Gasteiger partial charge is 0.222 e. The normalized spacial score (nSPS) is 28.4. The highest BCUT2D eigenvalue weighted by Crippen LogP contribution is 2.48. The highest BCUT2D eigenvalue weighted by atomic mass is 16.3. The van der Waals surface area contributed by atoms with Crippen LogP contribution in [-0.4, -0.2) is 47.3 Å². The molecule has 0 aromatic carbocycles. The van der Waals surface area contributed by atoms with Crippen molar-refractivity contribution in [3.05, 3.63) is 23.8 Å². The zero-order valence-corrected chi connectivity index (χ0v) is 17.9. The van der Waals surface area contributed by atoms with Gasteiger partial charge in [0, 0.05) is 32.9 Å². The van der Waals surface area contributed by atoms with E-state index in [0.717, 1.165) is 32.1 Å². The molecule has 0 aromatic heterocycles. The zero-order valence-electron chi connectivity index (χ0n) is 17.9. The van der Waals surface area contributed by atoms with Gasteiger partial charge in [0.2, 0.25) is 5.91 Å². The highest BCUT2D eigenvalue weighted by Gasteiger charge is 2.43. The lowest BCUT2D eigenvalue weighted by atomic mass is 9.88. The van der Waals surface area contributed by atoms with Crippen molar-refractivity contribution in [1.29, 1.82) is 0 Å². The molecule has 1 fully saturated rings. The Morgan fingerprint density at radius 3 is 2.82 bits per heavy atom. The fourth-order valence-electron chi connectivity index (χ4n) is 4.46. The Kier molecular flexibility index (Phi) is 8.79. The van der Waals surface area contributed by atoms with Gasteiger partial charge in [0.15, 0.2) is 0 Å². The molecule has 0 radical (unpaired) electrons. The van der Waals surface area contributed by atoms with E-state index >= 15 is 0 Å². The second-order valence-corrected chi connectivity index (χ2v) is 8.72. The maximum Gasteiger partial charge on any atom is 0.222 e. The van der Waals surface area contributed by atoms with Crippen molar-refractivity contribution in [2.24, 2.45) is 23.7 Å². The highest BCUT2D eigenvalue weighted by molar-refractivity contribution is 5.75. The minimum Gasteiger partial charge on any atom is -0.392 e. The Hall–Kier alpha value is -1.57. The number of carbonyl (C=O) groups excluding carboxylic acids is 1. The molecule has 0 heterocycles. The topological polar surface area (TPSA) is 60.8 Å². The van der Waals surface area contributed by atoms with Crippen LogP contribution in [0.3, 0.4) is 0 Å². The predicted molar refractivity (Wildman–Crippen MR) is 113 cm³/mol. The van der Waals surface area contributed by atoms with E-state index in [9.17, 15) is 15.0 Å². The summed E-state index contributed by atoms with van der Waals surface area (Å²) in [7, 11) is 3.60. The number of hydrogen-bond donors (Lipinski definition) is 2. The van der Waals surface area contributed by atoms with E-state index in [2.05, 4.69) is 17.9 Å². The summed E-state index contributed by atoms with van der Waals surface area (Å²) in [6.45, 7) is 3.82. The average Bonchev–Trinajstić information content (AvgIpc) is 3.17. The number of carbonyl (C=O) groups is 1. The molecule has 0 saturated heterocycles. The second-order valence-electron chi connectivity index (χ2n) is 8.72. The van der Waals surface area contributed by atoms with Crippen molar-refractivity contribution in [2.75, 3.05) is 14.1 Å². The molecule has 0 aliphatic heterocycles. The third-order valence-electron chi connectivity index (χ3n) is 6.30. The van der Waals surface area contributed by atoms with Gasteiger partial charge in [0.1, 0.15) is 0 Å². The largest absolute Gasteiger partial charge is 0.392 e. The molecule has 2 rings (SSSR count). The third-order valence-corrected chi connectivity index (χ3v) is 6.30. The van der Waals surface area contributed by atoms with Crippen LogP contribution in [0.1, 0.15) is 58.8 Å². The van der Waals surface area contributed by atoms with Crippen molar-refractivity contribution >= 4 is 5.91 Å². The number of fused-ring (bicyclic) bond motifs is 1. The van der Waals surface area contributed by atoms with Gasteiger partial charge in [0.05, 0.1) is 12.2 Å². The molecular weight excluding hydrogens is 350 g/mol. The quantitative estimate of drug-likeness (QED) is 0.361. The van der Waals surface area contributed by atoms with Gasteiger partial charge in [-0.1, -0.05) is 30.7 Å². The summed E-state index contributed by atoms with van der Waals surface area (Å²) < 4.78 is 0. The summed E-state index contributed by atoms with van der Waals surface area (Å²) in [5, 5.41) is 20.8. The Balaban J connectivity index is 1.82. The van der Waals surface area contributed by atoms with Crippen molar-refractivity contribution in [3.63, 3.8) is 0 Å². The van der Waals surface area contributed by atoms with E-state index in [-0.39, 0.29) is 23.8 Å². The lowest BCUT2D eigenvalue weighted by Gasteiger charge is -2.20. The van der Waals surface area contributed by atoms with Crippen LogP contribution in [0.2, 0.25) is 0 Å². The first-order valence-corrected chi connectivity index (χ1v) is 10.7. The van der Waals surface area contributed by atoms with E-state index in [0.29, 0.717) is 24.7 Å². The lowest BCUT2D eigenvalue weighted by Crippen LogP contribution is -2.21. The van der Waals surface area contributed by atoms with E-state index < -0.39 is 6.10 Å². The first-order valence-electron chi connectivity index (χ1n) is 10.7. The molecule has 1 amide bonds. The molecule has 28 heavy (non-hydrogen) atoms. The summed E-state index contributed by atoms with van der Waals surface area (Å²) in [5.41, 5.74) is 1.48. The van der Waals surface area contributed by atoms with Crippen molar-refractivity contribution < 1.29 is 15.0 Å². The zero-order chi connectivity index (χ0) is 20.7. The molecule has 0 bridgehead atoms. The Labute approximate surface area is 170 Å². The van der Waals surface area contributed by atoms with Gasteiger partial charge in [-0.25, -0.2) is 0 Å². The number of rotatable bonds is 9. The molecule has 6 atom stereocenters. The molecule has 0 unspecified atom stereocenters. The van der Waals surface area contributed by atoms with E-state index in [4.69, 9.17) is 0 Å². The standard InChI is InChI=1S/C24H37NO3/c1-5-6-9-17(2)22(26)13-12-20-21-15-18(14-19(21)16-23(20)27)10-7-8-11-24(28)25(3)4/h12-14,17,19-23,26-27H,7-11,15-16H2,1-4H3/t17-,19-,20+,21-,22-,23+/m0/s1. The van der Waals surface area contributed by atoms with Crippen molar-refractivity contribution in [3.8, 4) is 11.8 Å². The van der Waals surface area contributed by atoms with Crippen LogP contribution in [0.4, 0.5) is 0 Å². The maximum atomic E-state index is 11.7. The Bertz CT molecular complexity index is 640. The van der Waals surface area contributed by atoms with Gasteiger partial charge in [-0.15, -0.1) is 11.8 Å². The van der Waals surface area contributed by atoms with Crippen molar-refractivity contribution in [2.45, 2.75) is 71.0 Å². The van der Waals surface area contributed by atoms with Gasteiger partial charge in [0.25, 0.3) is 0 Å². The first-order chi connectivity index (χ1) is 13.3. The summed E-state index contributed by atoms with van der Waals surface area (Å²) in [6, 6.07) is 0. The monoisotopic (exact) mass is 387 g/mol. The summed E-state index contributed by atoms with van der Waals surface area (Å²) in [4.78, 5) is 13.3. The first kappa shape index (κ1) is 22.7. The number of aliphatic hydroxyl groups excluding tert-OH is 2. The molecule has 1 saturated carbocycles. The van der Waals surface area contributed by atoms with Gasteiger partial charge in [-0.2, -0.15) is 0 Å². The summed E-state index contributed by atoms with van der Waals surface area (Å²) >= 11 is 0. The SMILES string of the molecule is CC#CC[C@H](C)[C@@H](O)C=C[C@@H]1[C@H]2CC(CCCCC(=O)N(C)C)=C[C@H]2C[C@H]1O. The maximum absolute atomic E-state index is 11.7. The van der Waals surface area contributed by atoms with Gasteiger partial charge < -0.3 is 15.1 Å². The average molecular weight is 388 g/mol. The van der Waals surface area contributed by atoms with Crippen LogP contribution < -0.4 is 0 Å². The molecule has 2 N–H and O–H groups in total. The molecular formula is C24H37NO3. The molecule has 2 aliphatic rings. The van der Waals surface area contributed by atoms with E-state index in [1.165, 1.54) is 5.57 Å². The molecule has 156 valence electrons.